The summed E-state index contributed by atoms with van der Waals surface area (Å²) >= 11 is 7.69. The number of hydrogen-bond acceptors (Lipinski definition) is 6. The van der Waals surface area contributed by atoms with Gasteiger partial charge in [-0.25, -0.2) is 9.78 Å². The molecule has 0 spiro atoms. The molecule has 3 aromatic heterocycles. The number of carbonyl (C=O) groups is 1. The van der Waals surface area contributed by atoms with Crippen molar-refractivity contribution in [3.05, 3.63) is 70.6 Å². The fourth-order valence-corrected chi connectivity index (χ4v) is 5.55. The number of thiazole rings is 1. The van der Waals surface area contributed by atoms with E-state index in [1.807, 2.05) is 75.5 Å². The normalized spacial score (nSPS) is 12.9. The van der Waals surface area contributed by atoms with Gasteiger partial charge in [0, 0.05) is 27.9 Å². The lowest BCUT2D eigenvalue weighted by Crippen LogP contribution is -2.28. The van der Waals surface area contributed by atoms with Crippen molar-refractivity contribution >= 4 is 44.8 Å². The van der Waals surface area contributed by atoms with Crippen LogP contribution in [0.25, 0.3) is 37.6 Å². The van der Waals surface area contributed by atoms with Crippen LogP contribution in [0.4, 0.5) is 0 Å². The van der Waals surface area contributed by atoms with E-state index >= 15 is 0 Å². The van der Waals surface area contributed by atoms with E-state index in [4.69, 9.17) is 21.3 Å². The summed E-state index contributed by atoms with van der Waals surface area (Å²) < 4.78 is 8.88. The van der Waals surface area contributed by atoms with E-state index in [9.17, 15) is 9.90 Å². The molecule has 0 aliphatic heterocycles. The van der Waals surface area contributed by atoms with E-state index in [2.05, 4.69) is 10.2 Å². The molecule has 0 saturated carbocycles. The Hall–Kier alpha value is -3.33. The Morgan fingerprint density at radius 2 is 1.81 bits per heavy atom. The zero-order valence-corrected chi connectivity index (χ0v) is 22.1. The van der Waals surface area contributed by atoms with Crippen molar-refractivity contribution in [3.63, 3.8) is 0 Å². The van der Waals surface area contributed by atoms with Crippen LogP contribution < -0.4 is 0 Å². The standard InChI is InChI=1S/C27H25ClN4O3S/c1-14-12-19-24(36-25(29-19)17-10-11-32-15(2)30-31-20(32)13-17)22(16-6-8-18(28)9-7-16)21(14)23(26(33)34)35-27(3,4)5/h6-13,23H,1-5H3,(H,33,34)/t23-/m0/s1. The topological polar surface area (TPSA) is 89.6 Å². The molecule has 1 N–H and O–H groups in total. The number of aromatic nitrogens is 4. The van der Waals surface area contributed by atoms with Gasteiger partial charge in [0.05, 0.1) is 15.8 Å². The molecule has 3 heterocycles. The number of aryl methyl sites for hydroxylation is 2. The molecule has 36 heavy (non-hydrogen) atoms. The lowest BCUT2D eigenvalue weighted by molar-refractivity contribution is -0.160. The highest BCUT2D eigenvalue weighted by Crippen LogP contribution is 2.44. The summed E-state index contributed by atoms with van der Waals surface area (Å²) in [4.78, 5) is 17.4. The fraction of sp³-hybridized carbons (Fsp3) is 0.259. The van der Waals surface area contributed by atoms with Gasteiger partial charge in [-0.3, -0.25) is 4.40 Å². The van der Waals surface area contributed by atoms with E-state index in [0.717, 1.165) is 48.9 Å². The van der Waals surface area contributed by atoms with E-state index in [1.165, 1.54) is 11.3 Å². The number of rotatable bonds is 5. The highest BCUT2D eigenvalue weighted by atomic mass is 35.5. The molecular weight excluding hydrogens is 496 g/mol. The molecule has 5 aromatic rings. The zero-order chi connectivity index (χ0) is 25.8. The minimum Gasteiger partial charge on any atom is -0.479 e. The van der Waals surface area contributed by atoms with Crippen LogP contribution in [0.3, 0.4) is 0 Å². The van der Waals surface area contributed by atoms with Gasteiger partial charge in [0.25, 0.3) is 0 Å². The predicted octanol–water partition coefficient (Wildman–Crippen LogP) is 6.88. The average Bonchev–Trinajstić information content (AvgIpc) is 3.40. The maximum atomic E-state index is 12.5. The van der Waals surface area contributed by atoms with Crippen LogP contribution in [-0.2, 0) is 9.53 Å². The summed E-state index contributed by atoms with van der Waals surface area (Å²) in [6.45, 7) is 9.36. The van der Waals surface area contributed by atoms with E-state index < -0.39 is 17.7 Å². The Morgan fingerprint density at radius 1 is 1.08 bits per heavy atom. The summed E-state index contributed by atoms with van der Waals surface area (Å²) in [6, 6.07) is 13.3. The molecule has 0 radical (unpaired) electrons. The van der Waals surface area contributed by atoms with Gasteiger partial charge in [-0.1, -0.05) is 23.7 Å². The molecule has 7 nitrogen and oxygen atoms in total. The van der Waals surface area contributed by atoms with Gasteiger partial charge < -0.3 is 9.84 Å². The van der Waals surface area contributed by atoms with E-state index in [-0.39, 0.29) is 0 Å². The Morgan fingerprint density at radius 3 is 2.47 bits per heavy atom. The Kier molecular flexibility index (Phi) is 6.06. The number of carboxylic acid groups (broad SMARTS) is 1. The lowest BCUT2D eigenvalue weighted by Gasteiger charge is -2.28. The molecule has 0 saturated heterocycles. The van der Waals surface area contributed by atoms with Crippen LogP contribution >= 0.6 is 22.9 Å². The molecular formula is C27H25ClN4O3S. The third kappa shape index (κ3) is 4.48. The van der Waals surface area contributed by atoms with Gasteiger partial charge in [0.2, 0.25) is 0 Å². The second-order valence-corrected chi connectivity index (χ2v) is 11.1. The first-order chi connectivity index (χ1) is 17.0. The van der Waals surface area contributed by atoms with Gasteiger partial charge in [-0.15, -0.1) is 21.5 Å². The van der Waals surface area contributed by atoms with Crippen LogP contribution in [0.2, 0.25) is 5.02 Å². The molecule has 0 fully saturated rings. The van der Waals surface area contributed by atoms with Crippen molar-refractivity contribution in [2.45, 2.75) is 46.3 Å². The summed E-state index contributed by atoms with van der Waals surface area (Å²) in [5.41, 5.74) is 4.84. The van der Waals surface area contributed by atoms with E-state index in [0.29, 0.717) is 10.6 Å². The molecule has 2 aromatic carbocycles. The number of aliphatic carboxylic acids is 1. The summed E-state index contributed by atoms with van der Waals surface area (Å²) in [6.07, 6.45) is 0.779. The molecule has 0 amide bonds. The predicted molar refractivity (Wildman–Crippen MR) is 143 cm³/mol. The van der Waals surface area contributed by atoms with Crippen LogP contribution in [0.1, 0.15) is 43.8 Å². The van der Waals surface area contributed by atoms with Crippen LogP contribution in [0, 0.1) is 13.8 Å². The van der Waals surface area contributed by atoms with Crippen molar-refractivity contribution in [3.8, 4) is 21.7 Å². The smallest absolute Gasteiger partial charge is 0.337 e. The van der Waals surface area contributed by atoms with Crippen LogP contribution in [-0.4, -0.2) is 36.3 Å². The quantitative estimate of drug-likeness (QED) is 0.271. The Bertz CT molecular complexity index is 1620. The van der Waals surface area contributed by atoms with Crippen LogP contribution in [0.5, 0.6) is 0 Å². The summed E-state index contributed by atoms with van der Waals surface area (Å²) in [5, 5.41) is 20.0. The number of fused-ring (bicyclic) bond motifs is 2. The number of halogens is 1. The third-order valence-corrected chi connectivity index (χ3v) is 7.24. The first-order valence-corrected chi connectivity index (χ1v) is 12.6. The minimum atomic E-state index is -1.15. The van der Waals surface area contributed by atoms with E-state index in [1.54, 1.807) is 12.1 Å². The molecule has 0 aliphatic rings. The monoisotopic (exact) mass is 520 g/mol. The van der Waals surface area contributed by atoms with Crippen molar-refractivity contribution < 1.29 is 14.6 Å². The van der Waals surface area contributed by atoms with Gasteiger partial charge >= 0.3 is 5.97 Å². The summed E-state index contributed by atoms with van der Waals surface area (Å²) in [5.74, 6) is -0.232. The Labute approximate surface area is 217 Å². The lowest BCUT2D eigenvalue weighted by atomic mass is 9.91. The van der Waals surface area contributed by atoms with Crippen LogP contribution in [0.15, 0.2) is 48.7 Å². The SMILES string of the molecule is Cc1cc2nc(-c3ccn4c(C)nnc4c3)sc2c(-c2ccc(Cl)cc2)c1[C@H](OC(C)(C)C)C(=O)O. The number of hydrogen-bond donors (Lipinski definition) is 1. The average molecular weight is 521 g/mol. The summed E-state index contributed by atoms with van der Waals surface area (Å²) in [7, 11) is 0. The largest absolute Gasteiger partial charge is 0.479 e. The first-order valence-electron chi connectivity index (χ1n) is 11.4. The van der Waals surface area contributed by atoms with Gasteiger partial charge in [-0.2, -0.15) is 0 Å². The third-order valence-electron chi connectivity index (χ3n) is 5.85. The Balaban J connectivity index is 1.78. The minimum absolute atomic E-state index is 0.604. The molecule has 1 atom stereocenters. The fourth-order valence-electron chi connectivity index (χ4n) is 4.31. The number of nitrogens with zero attached hydrogens (tertiary/aromatic N) is 4. The van der Waals surface area contributed by atoms with Crippen molar-refractivity contribution in [1.29, 1.82) is 0 Å². The molecule has 0 bridgehead atoms. The van der Waals surface area contributed by atoms with Crippen molar-refractivity contribution in [1.82, 2.24) is 19.6 Å². The van der Waals surface area contributed by atoms with Gasteiger partial charge in [0.15, 0.2) is 11.8 Å². The maximum Gasteiger partial charge on any atom is 0.337 e. The number of ether oxygens (including phenoxy) is 1. The second-order valence-electron chi connectivity index (χ2n) is 9.70. The molecule has 5 rings (SSSR count). The highest BCUT2D eigenvalue weighted by molar-refractivity contribution is 7.22. The maximum absolute atomic E-state index is 12.5. The number of carboxylic acids is 1. The second kappa shape index (κ2) is 8.96. The molecule has 0 aliphatic carbocycles. The highest BCUT2D eigenvalue weighted by Gasteiger charge is 2.32. The van der Waals surface area contributed by atoms with Gasteiger partial charge in [0.1, 0.15) is 10.8 Å². The zero-order valence-electron chi connectivity index (χ0n) is 20.5. The number of pyridine rings is 1. The molecule has 184 valence electrons. The molecule has 0 unspecified atom stereocenters. The molecule has 9 heteroatoms. The number of benzene rings is 2. The van der Waals surface area contributed by atoms with Crippen molar-refractivity contribution in [2.75, 3.05) is 0 Å². The van der Waals surface area contributed by atoms with Crippen molar-refractivity contribution in [2.24, 2.45) is 0 Å². The first kappa shape index (κ1) is 24.4. The van der Waals surface area contributed by atoms with Gasteiger partial charge in [-0.05, 0) is 76.1 Å².